The van der Waals surface area contributed by atoms with Crippen molar-refractivity contribution in [1.29, 1.82) is 0 Å². The molecule has 0 aliphatic carbocycles. The molecular formula is C12H5BrCl2N2S. The molecule has 18 heavy (non-hydrogen) atoms. The van der Waals surface area contributed by atoms with Crippen LogP contribution in [0.1, 0.15) is 0 Å². The van der Waals surface area contributed by atoms with Gasteiger partial charge in [0, 0.05) is 9.50 Å². The smallest absolute Gasteiger partial charge is 0.142 e. The van der Waals surface area contributed by atoms with Crippen LogP contribution in [0.3, 0.4) is 0 Å². The summed E-state index contributed by atoms with van der Waals surface area (Å²) in [6.45, 7) is 0. The monoisotopic (exact) mass is 358 g/mol. The van der Waals surface area contributed by atoms with Gasteiger partial charge in [-0.2, -0.15) is 0 Å². The lowest BCUT2D eigenvalue weighted by Crippen LogP contribution is -1.78. The van der Waals surface area contributed by atoms with Crippen molar-refractivity contribution >= 4 is 60.7 Å². The van der Waals surface area contributed by atoms with E-state index >= 15 is 0 Å². The van der Waals surface area contributed by atoms with Crippen molar-refractivity contribution in [3.63, 3.8) is 0 Å². The maximum absolute atomic E-state index is 6.09. The van der Waals surface area contributed by atoms with E-state index in [0.29, 0.717) is 10.2 Å². The first-order chi connectivity index (χ1) is 8.66. The third kappa shape index (κ3) is 2.03. The highest BCUT2D eigenvalue weighted by molar-refractivity contribution is 9.10. The predicted octanol–water partition coefficient (Wildman–Crippen LogP) is 5.43. The van der Waals surface area contributed by atoms with Crippen molar-refractivity contribution in [2.75, 3.05) is 0 Å². The molecule has 2 nitrogen and oxygen atoms in total. The molecular weight excluding hydrogens is 355 g/mol. The van der Waals surface area contributed by atoms with E-state index < -0.39 is 0 Å². The normalized spacial score (nSPS) is 11.1. The molecule has 3 rings (SSSR count). The van der Waals surface area contributed by atoms with Crippen LogP contribution < -0.4 is 0 Å². The van der Waals surface area contributed by atoms with Gasteiger partial charge in [0.1, 0.15) is 16.3 Å². The lowest BCUT2D eigenvalue weighted by atomic mass is 10.2. The number of thiophene rings is 1. The van der Waals surface area contributed by atoms with Gasteiger partial charge in [-0.15, -0.1) is 11.3 Å². The Labute approximate surface area is 126 Å². The average molecular weight is 360 g/mol. The molecule has 1 aromatic carbocycles. The van der Waals surface area contributed by atoms with E-state index in [0.717, 1.165) is 25.1 Å². The number of hydrogen-bond acceptors (Lipinski definition) is 3. The van der Waals surface area contributed by atoms with Gasteiger partial charge in [-0.05, 0) is 33.6 Å². The third-order valence-electron chi connectivity index (χ3n) is 2.49. The molecule has 0 amide bonds. The van der Waals surface area contributed by atoms with Crippen LogP contribution in [0.4, 0.5) is 0 Å². The standard InChI is InChI=1S/C12H5BrCl2N2S/c13-9-8-11(15)16-5-17-12(8)18-10(9)6-1-3-7(14)4-2-6/h1-5H. The van der Waals surface area contributed by atoms with Crippen LogP contribution in [-0.4, -0.2) is 9.97 Å². The van der Waals surface area contributed by atoms with Crippen molar-refractivity contribution < 1.29 is 0 Å². The molecule has 0 aliphatic rings. The molecule has 0 saturated carbocycles. The van der Waals surface area contributed by atoms with Crippen LogP contribution in [-0.2, 0) is 0 Å². The minimum absolute atomic E-state index is 0.461. The molecule has 0 unspecified atom stereocenters. The van der Waals surface area contributed by atoms with Crippen molar-refractivity contribution in [3.05, 3.63) is 45.2 Å². The summed E-state index contributed by atoms with van der Waals surface area (Å²) in [6, 6.07) is 7.67. The molecule has 0 bridgehead atoms. The summed E-state index contributed by atoms with van der Waals surface area (Å²) in [5.74, 6) is 0. The summed E-state index contributed by atoms with van der Waals surface area (Å²) in [5, 5.41) is 2.03. The van der Waals surface area contributed by atoms with Crippen LogP contribution in [0, 0.1) is 0 Å². The van der Waals surface area contributed by atoms with E-state index in [-0.39, 0.29) is 0 Å². The number of halogens is 3. The largest absolute Gasteiger partial charge is 0.225 e. The molecule has 0 saturated heterocycles. The lowest BCUT2D eigenvalue weighted by Gasteiger charge is -1.98. The van der Waals surface area contributed by atoms with Crippen molar-refractivity contribution in [3.8, 4) is 10.4 Å². The Morgan fingerprint density at radius 3 is 2.44 bits per heavy atom. The van der Waals surface area contributed by atoms with Gasteiger partial charge in [-0.1, -0.05) is 35.3 Å². The summed E-state index contributed by atoms with van der Waals surface area (Å²) < 4.78 is 0.926. The minimum Gasteiger partial charge on any atom is -0.225 e. The van der Waals surface area contributed by atoms with Crippen LogP contribution in [0.25, 0.3) is 20.7 Å². The van der Waals surface area contributed by atoms with E-state index in [1.54, 1.807) is 11.3 Å². The fourth-order valence-corrected chi connectivity index (χ4v) is 4.19. The first-order valence-electron chi connectivity index (χ1n) is 5.01. The molecule has 0 spiro atoms. The average Bonchev–Trinajstić information content (AvgIpc) is 2.69. The molecule has 0 atom stereocenters. The van der Waals surface area contributed by atoms with E-state index in [2.05, 4.69) is 25.9 Å². The fourth-order valence-electron chi connectivity index (χ4n) is 1.65. The Bertz CT molecular complexity index is 725. The van der Waals surface area contributed by atoms with Crippen LogP contribution in [0.2, 0.25) is 10.2 Å². The first kappa shape index (κ1) is 12.4. The summed E-state index contributed by atoms with van der Waals surface area (Å²) in [4.78, 5) is 10.2. The highest BCUT2D eigenvalue weighted by atomic mass is 79.9. The van der Waals surface area contributed by atoms with Gasteiger partial charge < -0.3 is 0 Å². The van der Waals surface area contributed by atoms with Crippen molar-refractivity contribution in [2.45, 2.75) is 0 Å². The molecule has 0 radical (unpaired) electrons. The maximum Gasteiger partial charge on any atom is 0.142 e. The van der Waals surface area contributed by atoms with Gasteiger partial charge in [0.05, 0.1) is 10.3 Å². The molecule has 3 aromatic rings. The number of benzene rings is 1. The van der Waals surface area contributed by atoms with Crippen molar-refractivity contribution in [1.82, 2.24) is 9.97 Å². The van der Waals surface area contributed by atoms with E-state index in [4.69, 9.17) is 23.2 Å². The molecule has 0 aliphatic heterocycles. The zero-order chi connectivity index (χ0) is 12.7. The topological polar surface area (TPSA) is 25.8 Å². The molecule has 0 fully saturated rings. The Kier molecular flexibility index (Phi) is 3.28. The quantitative estimate of drug-likeness (QED) is 0.541. The van der Waals surface area contributed by atoms with E-state index in [1.807, 2.05) is 24.3 Å². The Balaban J connectivity index is 2.27. The van der Waals surface area contributed by atoms with E-state index in [9.17, 15) is 0 Å². The number of nitrogens with zero attached hydrogens (tertiary/aromatic N) is 2. The second-order valence-corrected chi connectivity index (χ2v) is 6.18. The number of rotatable bonds is 1. The van der Waals surface area contributed by atoms with Gasteiger partial charge in [-0.3, -0.25) is 0 Å². The maximum atomic E-state index is 6.09. The summed E-state index contributed by atoms with van der Waals surface area (Å²) in [6.07, 6.45) is 1.47. The molecule has 0 N–H and O–H groups in total. The second-order valence-electron chi connectivity index (χ2n) is 3.60. The summed E-state index contributed by atoms with van der Waals surface area (Å²) in [5.41, 5.74) is 1.07. The van der Waals surface area contributed by atoms with Gasteiger partial charge in [0.15, 0.2) is 0 Å². The first-order valence-corrected chi connectivity index (χ1v) is 7.38. The Morgan fingerprint density at radius 1 is 1.06 bits per heavy atom. The highest BCUT2D eigenvalue weighted by Gasteiger charge is 2.15. The Hall–Kier alpha value is -0.680. The van der Waals surface area contributed by atoms with Gasteiger partial charge in [-0.25, -0.2) is 9.97 Å². The fraction of sp³-hybridized carbons (Fsp3) is 0. The Morgan fingerprint density at radius 2 is 1.78 bits per heavy atom. The molecule has 2 heterocycles. The molecule has 90 valence electrons. The number of aromatic nitrogens is 2. The van der Waals surface area contributed by atoms with Crippen LogP contribution in [0.5, 0.6) is 0 Å². The third-order valence-corrected chi connectivity index (χ3v) is 5.23. The SMILES string of the molecule is Clc1ccc(-c2sc3ncnc(Cl)c3c2Br)cc1. The zero-order valence-corrected chi connectivity index (χ0v) is 12.7. The minimum atomic E-state index is 0.461. The molecule has 2 aromatic heterocycles. The van der Waals surface area contributed by atoms with E-state index in [1.165, 1.54) is 6.33 Å². The van der Waals surface area contributed by atoms with Crippen molar-refractivity contribution in [2.24, 2.45) is 0 Å². The van der Waals surface area contributed by atoms with Gasteiger partial charge in [0.25, 0.3) is 0 Å². The zero-order valence-electron chi connectivity index (χ0n) is 8.82. The predicted molar refractivity (Wildman–Crippen MR) is 80.6 cm³/mol. The highest BCUT2D eigenvalue weighted by Crippen LogP contribution is 2.43. The van der Waals surface area contributed by atoms with Crippen LogP contribution >= 0.6 is 50.5 Å². The summed E-state index contributed by atoms with van der Waals surface area (Å²) in [7, 11) is 0. The lowest BCUT2D eigenvalue weighted by molar-refractivity contribution is 1.23. The van der Waals surface area contributed by atoms with Crippen LogP contribution in [0.15, 0.2) is 35.1 Å². The summed E-state index contributed by atoms with van der Waals surface area (Å²) >= 11 is 17.1. The second kappa shape index (κ2) is 4.78. The molecule has 6 heteroatoms. The number of hydrogen-bond donors (Lipinski definition) is 0. The number of fused-ring (bicyclic) bond motifs is 1. The van der Waals surface area contributed by atoms with Gasteiger partial charge >= 0.3 is 0 Å². The van der Waals surface area contributed by atoms with Gasteiger partial charge in [0.2, 0.25) is 0 Å².